The first-order chi connectivity index (χ1) is 16.0. The summed E-state index contributed by atoms with van der Waals surface area (Å²) >= 11 is 0. The van der Waals surface area contributed by atoms with Crippen molar-refractivity contribution in [2.75, 3.05) is 13.2 Å². The molecule has 1 unspecified atom stereocenters. The van der Waals surface area contributed by atoms with E-state index in [9.17, 15) is 8.78 Å². The molecule has 1 atom stereocenters. The zero-order valence-electron chi connectivity index (χ0n) is 21.4. The lowest BCUT2D eigenvalue weighted by molar-refractivity contribution is -0.235. The van der Waals surface area contributed by atoms with Crippen LogP contribution in [0, 0.1) is 47.3 Å². The van der Waals surface area contributed by atoms with Crippen LogP contribution in [0.25, 0.3) is 0 Å². The van der Waals surface area contributed by atoms with Gasteiger partial charge in [-0.15, -0.1) is 0 Å². The van der Waals surface area contributed by atoms with Crippen LogP contribution in [0.3, 0.4) is 0 Å². The summed E-state index contributed by atoms with van der Waals surface area (Å²) in [5.41, 5.74) is 0. The van der Waals surface area contributed by atoms with E-state index in [-0.39, 0.29) is 18.6 Å². The third kappa shape index (κ3) is 7.15. The Balaban J connectivity index is 1.12. The molecule has 4 heteroatoms. The van der Waals surface area contributed by atoms with E-state index >= 15 is 0 Å². The van der Waals surface area contributed by atoms with Crippen molar-refractivity contribution in [3.05, 3.63) is 0 Å². The van der Waals surface area contributed by atoms with E-state index in [1.54, 1.807) is 0 Å². The molecule has 0 bridgehead atoms. The molecule has 0 aromatic carbocycles. The number of halogens is 2. The van der Waals surface area contributed by atoms with Gasteiger partial charge in [0.25, 0.3) is 0 Å². The molecular weight excluding hydrogens is 418 g/mol. The largest absolute Gasteiger partial charge is 0.352 e. The molecule has 0 radical (unpaired) electrons. The van der Waals surface area contributed by atoms with Gasteiger partial charge in [-0.05, 0) is 113 Å². The van der Waals surface area contributed by atoms with Gasteiger partial charge in [-0.25, -0.2) is 8.78 Å². The quantitative estimate of drug-likeness (QED) is 0.355. The molecule has 0 amide bonds. The maximum atomic E-state index is 12.7. The van der Waals surface area contributed by atoms with Gasteiger partial charge in [0.2, 0.25) is 6.43 Å². The van der Waals surface area contributed by atoms with Gasteiger partial charge >= 0.3 is 0 Å². The smallest absolute Gasteiger partial charge is 0.238 e. The third-order valence-electron chi connectivity index (χ3n) is 10.3. The van der Waals surface area contributed by atoms with E-state index in [0.717, 1.165) is 49.7 Å². The average molecular weight is 469 g/mol. The molecule has 3 aliphatic carbocycles. The Bertz CT molecular complexity index is 538. The minimum absolute atomic E-state index is 0.0481. The fraction of sp³-hybridized carbons (Fsp3) is 1.00. The van der Waals surface area contributed by atoms with E-state index in [4.69, 9.17) is 9.47 Å². The van der Waals surface area contributed by atoms with Crippen molar-refractivity contribution in [1.82, 2.24) is 0 Å². The third-order valence-corrected chi connectivity index (χ3v) is 10.3. The molecule has 2 nitrogen and oxygen atoms in total. The molecule has 33 heavy (non-hydrogen) atoms. The molecular formula is C29H50F2O2. The summed E-state index contributed by atoms with van der Waals surface area (Å²) in [6, 6.07) is 0. The Morgan fingerprint density at radius 2 is 1.09 bits per heavy atom. The molecule has 4 fully saturated rings. The van der Waals surface area contributed by atoms with E-state index in [0.29, 0.717) is 17.8 Å². The van der Waals surface area contributed by atoms with Crippen LogP contribution in [0.1, 0.15) is 110 Å². The maximum absolute atomic E-state index is 12.7. The number of rotatable bonds is 8. The Labute approximate surface area is 201 Å². The SMILES string of the molecule is CCCC(C)C1COC(C2CCC(C3CCC(C4CCC(CC(F)F)CC4)CC3)CC2)OC1. The second kappa shape index (κ2) is 12.7. The standard InChI is InChI=1S/C29H50F2O2/c1-3-4-20(2)27-18-32-29(33-19-27)26-15-13-25(14-16-26)24-11-9-23(10-12-24)22-7-5-21(6-8-22)17-28(30)31/h20-29H,3-19H2,1-2H3. The van der Waals surface area contributed by atoms with Gasteiger partial charge in [-0.2, -0.15) is 0 Å². The molecule has 3 saturated carbocycles. The summed E-state index contributed by atoms with van der Waals surface area (Å²) in [5.74, 6) is 5.69. The zero-order valence-corrected chi connectivity index (χ0v) is 21.4. The monoisotopic (exact) mass is 468 g/mol. The van der Waals surface area contributed by atoms with Crippen molar-refractivity contribution in [2.24, 2.45) is 47.3 Å². The van der Waals surface area contributed by atoms with Crippen molar-refractivity contribution in [2.45, 2.75) is 123 Å². The lowest BCUT2D eigenvalue weighted by Gasteiger charge is -2.43. The minimum Gasteiger partial charge on any atom is -0.352 e. The minimum atomic E-state index is -2.11. The Morgan fingerprint density at radius 3 is 1.52 bits per heavy atom. The zero-order chi connectivity index (χ0) is 23.2. The lowest BCUT2D eigenvalue weighted by atomic mass is 9.65. The fourth-order valence-electron chi connectivity index (χ4n) is 7.95. The summed E-state index contributed by atoms with van der Waals surface area (Å²) in [7, 11) is 0. The van der Waals surface area contributed by atoms with Gasteiger partial charge in [0, 0.05) is 18.3 Å². The van der Waals surface area contributed by atoms with Crippen LogP contribution in [-0.2, 0) is 9.47 Å². The normalized spacial score (nSPS) is 41.7. The fourth-order valence-corrected chi connectivity index (χ4v) is 7.95. The molecule has 0 aromatic heterocycles. The highest BCUT2D eigenvalue weighted by molar-refractivity contribution is 4.87. The van der Waals surface area contributed by atoms with Crippen molar-refractivity contribution in [1.29, 1.82) is 0 Å². The van der Waals surface area contributed by atoms with E-state index in [1.165, 1.54) is 77.0 Å². The van der Waals surface area contributed by atoms with Crippen molar-refractivity contribution >= 4 is 0 Å². The van der Waals surface area contributed by atoms with E-state index < -0.39 is 6.43 Å². The number of alkyl halides is 2. The lowest BCUT2D eigenvalue weighted by Crippen LogP contribution is -2.41. The van der Waals surface area contributed by atoms with E-state index in [1.807, 2.05) is 0 Å². The number of hydrogen-bond donors (Lipinski definition) is 0. The Morgan fingerprint density at radius 1 is 0.667 bits per heavy atom. The first kappa shape index (κ1) is 25.9. The van der Waals surface area contributed by atoms with E-state index in [2.05, 4.69) is 13.8 Å². The summed E-state index contributed by atoms with van der Waals surface area (Å²) in [6.45, 7) is 6.39. The van der Waals surface area contributed by atoms with Gasteiger partial charge in [-0.3, -0.25) is 0 Å². The summed E-state index contributed by atoms with van der Waals surface area (Å²) < 4.78 is 37.8. The topological polar surface area (TPSA) is 18.5 Å². The predicted octanol–water partition coefficient (Wildman–Crippen LogP) is 8.49. The number of ether oxygens (including phenoxy) is 2. The molecule has 1 aliphatic heterocycles. The van der Waals surface area contributed by atoms with Gasteiger partial charge in [0.15, 0.2) is 6.29 Å². The van der Waals surface area contributed by atoms with Crippen LogP contribution >= 0.6 is 0 Å². The Kier molecular flexibility index (Phi) is 9.92. The van der Waals surface area contributed by atoms with Crippen LogP contribution in [0.15, 0.2) is 0 Å². The van der Waals surface area contributed by atoms with Crippen LogP contribution in [0.4, 0.5) is 8.78 Å². The number of hydrogen-bond acceptors (Lipinski definition) is 2. The van der Waals surface area contributed by atoms with Crippen LogP contribution < -0.4 is 0 Å². The second-order valence-corrected chi connectivity index (χ2v) is 12.3. The average Bonchev–Trinajstić information content (AvgIpc) is 2.85. The van der Waals surface area contributed by atoms with Gasteiger partial charge in [0.05, 0.1) is 13.2 Å². The van der Waals surface area contributed by atoms with Crippen molar-refractivity contribution in [3.63, 3.8) is 0 Å². The molecule has 0 aromatic rings. The highest BCUT2D eigenvalue weighted by Gasteiger charge is 2.38. The van der Waals surface area contributed by atoms with Crippen molar-refractivity contribution < 1.29 is 18.3 Å². The molecule has 0 N–H and O–H groups in total. The highest BCUT2D eigenvalue weighted by atomic mass is 19.3. The summed E-state index contributed by atoms with van der Waals surface area (Å²) in [6.07, 6.45) is 16.0. The van der Waals surface area contributed by atoms with Gasteiger partial charge in [0.1, 0.15) is 0 Å². The van der Waals surface area contributed by atoms with Crippen LogP contribution in [0.2, 0.25) is 0 Å². The molecule has 4 rings (SSSR count). The molecule has 0 spiro atoms. The summed E-state index contributed by atoms with van der Waals surface area (Å²) in [5, 5.41) is 0. The molecule has 1 heterocycles. The van der Waals surface area contributed by atoms with Gasteiger partial charge in [-0.1, -0.05) is 26.7 Å². The van der Waals surface area contributed by atoms with Crippen LogP contribution in [0.5, 0.6) is 0 Å². The Hall–Kier alpha value is -0.220. The maximum Gasteiger partial charge on any atom is 0.238 e. The predicted molar refractivity (Wildman–Crippen MR) is 130 cm³/mol. The molecule has 1 saturated heterocycles. The molecule has 192 valence electrons. The first-order valence-corrected chi connectivity index (χ1v) is 14.5. The van der Waals surface area contributed by atoms with Gasteiger partial charge < -0.3 is 9.47 Å². The first-order valence-electron chi connectivity index (χ1n) is 14.5. The second-order valence-electron chi connectivity index (χ2n) is 12.3. The molecule has 4 aliphatic rings. The van der Waals surface area contributed by atoms with Crippen LogP contribution in [-0.4, -0.2) is 25.9 Å². The van der Waals surface area contributed by atoms with Crippen molar-refractivity contribution in [3.8, 4) is 0 Å². The highest BCUT2D eigenvalue weighted by Crippen LogP contribution is 2.47. The summed E-state index contributed by atoms with van der Waals surface area (Å²) in [4.78, 5) is 0.